The molecule has 0 saturated carbocycles. The van der Waals surface area contributed by atoms with Gasteiger partial charge in [-0.3, -0.25) is 9.97 Å². The maximum absolute atomic E-state index is 4.78. The summed E-state index contributed by atoms with van der Waals surface area (Å²) in [7, 11) is 0. The summed E-state index contributed by atoms with van der Waals surface area (Å²) in [6.07, 6.45) is 1.97. The van der Waals surface area contributed by atoms with E-state index in [4.69, 9.17) is 4.98 Å². The molecular formula is C21H14N2. The van der Waals surface area contributed by atoms with Gasteiger partial charge >= 0.3 is 0 Å². The molecule has 0 radical (unpaired) electrons. The van der Waals surface area contributed by atoms with Gasteiger partial charge in [-0.05, 0) is 42.0 Å². The van der Waals surface area contributed by atoms with Crippen molar-refractivity contribution in [3.05, 3.63) is 72.6 Å². The molecule has 23 heavy (non-hydrogen) atoms. The summed E-state index contributed by atoms with van der Waals surface area (Å²) in [5.41, 5.74) is 3.15. The molecule has 2 heteroatoms. The van der Waals surface area contributed by atoms with Crippen molar-refractivity contribution in [2.45, 2.75) is 6.92 Å². The molecule has 0 aliphatic rings. The second-order valence-electron chi connectivity index (χ2n) is 5.97. The molecule has 0 N–H and O–H groups in total. The van der Waals surface area contributed by atoms with Crippen molar-refractivity contribution in [2.24, 2.45) is 0 Å². The van der Waals surface area contributed by atoms with Crippen molar-refractivity contribution in [2.75, 3.05) is 0 Å². The van der Waals surface area contributed by atoms with Crippen LogP contribution in [0.5, 0.6) is 0 Å². The molecule has 5 aromatic rings. The third kappa shape index (κ3) is 1.75. The van der Waals surface area contributed by atoms with E-state index < -0.39 is 0 Å². The molecule has 108 valence electrons. The van der Waals surface area contributed by atoms with Gasteiger partial charge in [0.05, 0.1) is 11.0 Å². The minimum atomic E-state index is 1.03. The molecule has 2 heterocycles. The average Bonchev–Trinajstić information content (AvgIpc) is 2.60. The van der Waals surface area contributed by atoms with Crippen LogP contribution in [-0.4, -0.2) is 9.97 Å². The predicted octanol–water partition coefficient (Wildman–Crippen LogP) is 5.40. The first-order chi connectivity index (χ1) is 11.3. The Labute approximate surface area is 133 Å². The zero-order valence-electron chi connectivity index (χ0n) is 12.7. The fourth-order valence-electron chi connectivity index (χ4n) is 3.47. The number of pyridine rings is 2. The van der Waals surface area contributed by atoms with E-state index in [2.05, 4.69) is 60.4 Å². The number of aryl methyl sites for hydroxylation is 1. The minimum absolute atomic E-state index is 1.03. The van der Waals surface area contributed by atoms with E-state index in [1.165, 1.54) is 32.3 Å². The Kier molecular flexibility index (Phi) is 2.45. The lowest BCUT2D eigenvalue weighted by Gasteiger charge is -2.10. The molecule has 0 spiro atoms. The van der Waals surface area contributed by atoms with Crippen LogP contribution in [-0.2, 0) is 0 Å². The van der Waals surface area contributed by atoms with Crippen molar-refractivity contribution in [3.63, 3.8) is 0 Å². The first kappa shape index (κ1) is 12.5. The van der Waals surface area contributed by atoms with Gasteiger partial charge in [-0.1, -0.05) is 36.4 Å². The summed E-state index contributed by atoms with van der Waals surface area (Å²) in [5.74, 6) is 0. The number of nitrogens with zero attached hydrogens (tertiary/aromatic N) is 2. The standard InChI is InChI=1S/C21H14N2/c1-13-17-11-18-14(12-22-20-8-4-2-6-15(18)20)10-19(17)16-7-3-5-9-21(16)23-13/h2-12H,1H3. The summed E-state index contributed by atoms with van der Waals surface area (Å²) >= 11 is 0. The van der Waals surface area contributed by atoms with Crippen LogP contribution in [0.4, 0.5) is 0 Å². The van der Waals surface area contributed by atoms with E-state index >= 15 is 0 Å². The smallest absolute Gasteiger partial charge is 0.0711 e. The fourth-order valence-corrected chi connectivity index (χ4v) is 3.47. The third-order valence-corrected chi connectivity index (χ3v) is 4.60. The van der Waals surface area contributed by atoms with Gasteiger partial charge in [0.15, 0.2) is 0 Å². The van der Waals surface area contributed by atoms with Crippen LogP contribution in [0.25, 0.3) is 43.4 Å². The van der Waals surface area contributed by atoms with E-state index in [-0.39, 0.29) is 0 Å². The first-order valence-electron chi connectivity index (χ1n) is 7.78. The SMILES string of the molecule is Cc1nc2ccccc2c2cc3cnc4ccccc4c3cc12. The highest BCUT2D eigenvalue weighted by atomic mass is 14.7. The van der Waals surface area contributed by atoms with Crippen LogP contribution in [0, 0.1) is 6.92 Å². The molecule has 2 aromatic heterocycles. The normalized spacial score (nSPS) is 11.7. The monoisotopic (exact) mass is 294 g/mol. The van der Waals surface area contributed by atoms with Gasteiger partial charge in [0, 0.05) is 33.4 Å². The Bertz CT molecular complexity index is 1220. The number of hydrogen-bond acceptors (Lipinski definition) is 2. The fraction of sp³-hybridized carbons (Fsp3) is 0.0476. The molecule has 3 aromatic carbocycles. The Morgan fingerprint density at radius 3 is 2.17 bits per heavy atom. The lowest BCUT2D eigenvalue weighted by atomic mass is 9.98. The van der Waals surface area contributed by atoms with Gasteiger partial charge in [0.25, 0.3) is 0 Å². The van der Waals surface area contributed by atoms with Gasteiger partial charge in [0.2, 0.25) is 0 Å². The van der Waals surface area contributed by atoms with E-state index in [1.807, 2.05) is 18.3 Å². The average molecular weight is 294 g/mol. The molecule has 0 bridgehead atoms. The van der Waals surface area contributed by atoms with Crippen LogP contribution in [0.3, 0.4) is 0 Å². The molecule has 0 atom stereocenters. The molecule has 2 nitrogen and oxygen atoms in total. The molecule has 0 fully saturated rings. The van der Waals surface area contributed by atoms with Crippen LogP contribution < -0.4 is 0 Å². The van der Waals surface area contributed by atoms with E-state index in [1.54, 1.807) is 0 Å². The van der Waals surface area contributed by atoms with E-state index in [0.717, 1.165) is 16.7 Å². The number of aromatic nitrogens is 2. The highest BCUT2D eigenvalue weighted by Crippen LogP contribution is 2.32. The summed E-state index contributed by atoms with van der Waals surface area (Å²) < 4.78 is 0. The van der Waals surface area contributed by atoms with Crippen LogP contribution in [0.2, 0.25) is 0 Å². The van der Waals surface area contributed by atoms with Crippen LogP contribution >= 0.6 is 0 Å². The number of benzene rings is 3. The number of fused-ring (bicyclic) bond motifs is 6. The van der Waals surface area contributed by atoms with E-state index in [9.17, 15) is 0 Å². The zero-order valence-corrected chi connectivity index (χ0v) is 12.7. The maximum atomic E-state index is 4.78. The second kappa shape index (κ2) is 4.50. The third-order valence-electron chi connectivity index (χ3n) is 4.60. The number of hydrogen-bond donors (Lipinski definition) is 0. The summed E-state index contributed by atoms with van der Waals surface area (Å²) in [6, 6.07) is 21.1. The first-order valence-corrected chi connectivity index (χ1v) is 7.78. The Morgan fingerprint density at radius 2 is 1.35 bits per heavy atom. The Balaban J connectivity index is 2.05. The molecule has 5 rings (SSSR count). The predicted molar refractivity (Wildman–Crippen MR) is 96.8 cm³/mol. The van der Waals surface area contributed by atoms with Crippen LogP contribution in [0.1, 0.15) is 5.69 Å². The molecule has 0 aliphatic heterocycles. The topological polar surface area (TPSA) is 25.8 Å². The quantitative estimate of drug-likeness (QED) is 0.282. The summed E-state index contributed by atoms with van der Waals surface area (Å²) in [4.78, 5) is 9.38. The minimum Gasteiger partial charge on any atom is -0.256 e. The molecule has 0 aliphatic carbocycles. The molecule has 0 unspecified atom stereocenters. The highest BCUT2D eigenvalue weighted by Gasteiger charge is 2.09. The number of para-hydroxylation sites is 2. The van der Waals surface area contributed by atoms with Crippen molar-refractivity contribution >= 4 is 43.4 Å². The van der Waals surface area contributed by atoms with Gasteiger partial charge in [-0.2, -0.15) is 0 Å². The van der Waals surface area contributed by atoms with Gasteiger partial charge in [0.1, 0.15) is 0 Å². The van der Waals surface area contributed by atoms with Crippen molar-refractivity contribution < 1.29 is 0 Å². The van der Waals surface area contributed by atoms with Gasteiger partial charge < -0.3 is 0 Å². The summed E-state index contributed by atoms with van der Waals surface area (Å²) in [6.45, 7) is 2.09. The lowest BCUT2D eigenvalue weighted by Crippen LogP contribution is -1.89. The second-order valence-corrected chi connectivity index (χ2v) is 5.97. The molecule has 0 amide bonds. The van der Waals surface area contributed by atoms with Crippen LogP contribution in [0.15, 0.2) is 66.9 Å². The van der Waals surface area contributed by atoms with Crippen molar-refractivity contribution in [3.8, 4) is 0 Å². The number of rotatable bonds is 0. The maximum Gasteiger partial charge on any atom is 0.0711 e. The highest BCUT2D eigenvalue weighted by molar-refractivity contribution is 6.16. The molecular weight excluding hydrogens is 280 g/mol. The van der Waals surface area contributed by atoms with Crippen molar-refractivity contribution in [1.29, 1.82) is 0 Å². The molecule has 0 saturated heterocycles. The van der Waals surface area contributed by atoms with Crippen molar-refractivity contribution in [1.82, 2.24) is 9.97 Å². The van der Waals surface area contributed by atoms with Gasteiger partial charge in [-0.15, -0.1) is 0 Å². The Hall–Kier alpha value is -3.00. The summed E-state index contributed by atoms with van der Waals surface area (Å²) in [5, 5.41) is 7.27. The zero-order chi connectivity index (χ0) is 15.4. The lowest BCUT2D eigenvalue weighted by molar-refractivity contribution is 1.29. The largest absolute Gasteiger partial charge is 0.256 e. The van der Waals surface area contributed by atoms with E-state index in [0.29, 0.717) is 0 Å². The Morgan fingerprint density at radius 1 is 0.652 bits per heavy atom. The van der Waals surface area contributed by atoms with Gasteiger partial charge in [-0.25, -0.2) is 0 Å².